The van der Waals surface area contributed by atoms with E-state index in [1.54, 1.807) is 24.3 Å². The molecule has 16 nitrogen and oxygen atoms in total. The number of rotatable bonds is 22. The van der Waals surface area contributed by atoms with Crippen LogP contribution in [-0.4, -0.2) is 67.7 Å². The van der Waals surface area contributed by atoms with Crippen molar-refractivity contribution in [2.45, 2.75) is 87.8 Å². The first-order chi connectivity index (χ1) is 29.1. The number of benzene rings is 5. The summed E-state index contributed by atoms with van der Waals surface area (Å²) in [5, 5.41) is 35.8. The van der Waals surface area contributed by atoms with Crippen molar-refractivity contribution in [3.05, 3.63) is 78.4 Å². The Morgan fingerprint density at radius 2 is 1.33 bits per heavy atom. The van der Waals surface area contributed by atoms with Crippen LogP contribution < -0.4 is 20.1 Å². The van der Waals surface area contributed by atoms with E-state index in [-0.39, 0.29) is 46.7 Å². The van der Waals surface area contributed by atoms with Gasteiger partial charge in [-0.05, 0) is 60.3 Å². The summed E-state index contributed by atoms with van der Waals surface area (Å²) >= 11 is 0. The fraction of sp³-hybridized carbons (Fsp3) is 0.349. The van der Waals surface area contributed by atoms with Gasteiger partial charge in [-0.25, -0.2) is 0 Å². The average molecular weight is 879 g/mol. The summed E-state index contributed by atoms with van der Waals surface area (Å²) in [5.41, 5.74) is -0.734. The van der Waals surface area contributed by atoms with Crippen LogP contribution in [0.5, 0.6) is 23.0 Å². The molecular weight excluding hydrogens is 829 g/mol. The molecule has 0 aliphatic heterocycles. The minimum absolute atomic E-state index is 0.0712. The smallest absolute Gasteiger partial charge is 0.296 e. The van der Waals surface area contributed by atoms with Gasteiger partial charge in [0.25, 0.3) is 26.1 Å². The van der Waals surface area contributed by atoms with Crippen LogP contribution >= 0.6 is 0 Å². The van der Waals surface area contributed by atoms with Gasteiger partial charge in [0.15, 0.2) is 5.75 Å². The first-order valence-corrected chi connectivity index (χ1v) is 22.8. The number of ether oxygens (including phenoxy) is 2. The molecule has 0 heterocycles. The van der Waals surface area contributed by atoms with Gasteiger partial charge in [0.2, 0.25) is 5.91 Å². The molecule has 0 spiro atoms. The molecule has 0 radical (unpaired) electrons. The molecule has 18 heteroatoms. The summed E-state index contributed by atoms with van der Waals surface area (Å²) in [4.78, 5) is 23.4. The van der Waals surface area contributed by atoms with Crippen LogP contribution in [0.1, 0.15) is 88.4 Å². The van der Waals surface area contributed by atoms with Gasteiger partial charge in [0.05, 0.1) is 21.8 Å². The normalized spacial score (nSPS) is 11.9. The molecule has 6 N–H and O–H groups in total. The van der Waals surface area contributed by atoms with Crippen molar-refractivity contribution in [2.24, 2.45) is 10.2 Å². The molecule has 5 rings (SSSR count). The minimum Gasteiger partial charge on any atom is -0.506 e. The zero-order valence-electron chi connectivity index (χ0n) is 33.9. The molecule has 0 atom stereocenters. The second-order valence-electron chi connectivity index (χ2n) is 14.4. The second-order valence-corrected chi connectivity index (χ2v) is 17.2. The van der Waals surface area contributed by atoms with Crippen LogP contribution in [-0.2, 0) is 25.0 Å². The van der Waals surface area contributed by atoms with Crippen molar-refractivity contribution in [3.63, 3.8) is 0 Å². The number of aromatic hydroxyl groups is 2. The Morgan fingerprint density at radius 1 is 0.705 bits per heavy atom. The Hall–Kier alpha value is -5.82. The molecule has 0 unspecified atom stereocenters. The quantitative estimate of drug-likeness (QED) is 0.0216. The molecule has 0 bridgehead atoms. The molecule has 0 saturated heterocycles. The highest BCUT2D eigenvalue weighted by Gasteiger charge is 2.26. The van der Waals surface area contributed by atoms with Gasteiger partial charge in [-0.1, -0.05) is 89.0 Å². The standard InChI is InChI=1S/C43H50N4O12S2/c1-3-4-5-6-7-8-9-10-11-14-21-44-43(51)35-27-37(33-15-12-13-16-34(33)41(35)49)59-23-22-58-31-19-17-30(18-20-31)46-47-40-38(61(55,56)57)25-29-24-32(60(52,53)54)26-36(45-28(2)48)39(29)42(40)50/h12-13,15-20,24-27,49-50H,3-11,14,21-23H2,1-2H3,(H,44,51)(H,45,48)(H,52,53,54)(H,55,56,57). The fourth-order valence-electron chi connectivity index (χ4n) is 6.75. The summed E-state index contributed by atoms with van der Waals surface area (Å²) in [6, 6.07) is 17.1. The molecule has 0 aliphatic carbocycles. The van der Waals surface area contributed by atoms with E-state index in [2.05, 4.69) is 27.8 Å². The number of nitrogens with one attached hydrogen (secondary N) is 2. The number of azo groups is 1. The number of carbonyl (C=O) groups is 2. The topological polar surface area (TPSA) is 251 Å². The molecule has 0 fully saturated rings. The van der Waals surface area contributed by atoms with E-state index in [1.165, 1.54) is 75.3 Å². The molecule has 326 valence electrons. The minimum atomic E-state index is -5.09. The summed E-state index contributed by atoms with van der Waals surface area (Å²) < 4.78 is 79.9. The van der Waals surface area contributed by atoms with Gasteiger partial charge in [-0.3, -0.25) is 18.7 Å². The number of hydrogen-bond donors (Lipinski definition) is 6. The lowest BCUT2D eigenvalue weighted by Crippen LogP contribution is -2.24. The van der Waals surface area contributed by atoms with Gasteiger partial charge in [0.1, 0.15) is 41.0 Å². The number of nitrogens with zero attached hydrogens (tertiary/aromatic N) is 2. The lowest BCUT2D eigenvalue weighted by molar-refractivity contribution is -0.114. The fourth-order valence-corrected chi connectivity index (χ4v) is 7.95. The van der Waals surface area contributed by atoms with Crippen molar-refractivity contribution in [1.29, 1.82) is 0 Å². The Labute approximate surface area is 354 Å². The maximum Gasteiger partial charge on any atom is 0.296 e. The lowest BCUT2D eigenvalue weighted by Gasteiger charge is -2.15. The molecule has 2 amide bonds. The number of hydrogen-bond acceptors (Lipinski definition) is 12. The number of amides is 2. The van der Waals surface area contributed by atoms with Gasteiger partial charge >= 0.3 is 0 Å². The summed E-state index contributed by atoms with van der Waals surface area (Å²) in [6.45, 7) is 3.96. The average Bonchev–Trinajstić information content (AvgIpc) is 3.21. The van der Waals surface area contributed by atoms with Gasteiger partial charge in [0, 0.05) is 29.6 Å². The molecule has 5 aromatic carbocycles. The Kier molecular flexibility index (Phi) is 16.0. The van der Waals surface area contributed by atoms with Crippen LogP contribution in [0.3, 0.4) is 0 Å². The lowest BCUT2D eigenvalue weighted by atomic mass is 10.0. The highest BCUT2D eigenvalue weighted by molar-refractivity contribution is 7.86. The molecule has 0 aromatic heterocycles. The largest absolute Gasteiger partial charge is 0.506 e. The van der Waals surface area contributed by atoms with E-state index in [4.69, 9.17) is 9.47 Å². The van der Waals surface area contributed by atoms with Crippen molar-refractivity contribution < 1.29 is 55.2 Å². The monoisotopic (exact) mass is 878 g/mol. The molecule has 5 aromatic rings. The zero-order chi connectivity index (χ0) is 44.2. The number of phenols is 2. The number of unbranched alkanes of at least 4 members (excludes halogenated alkanes) is 9. The van der Waals surface area contributed by atoms with E-state index < -0.39 is 53.3 Å². The van der Waals surface area contributed by atoms with Gasteiger partial charge < -0.3 is 30.3 Å². The summed E-state index contributed by atoms with van der Waals surface area (Å²) in [7, 11) is -9.93. The maximum atomic E-state index is 13.2. The van der Waals surface area contributed by atoms with E-state index >= 15 is 0 Å². The third kappa shape index (κ3) is 12.6. The number of fused-ring (bicyclic) bond motifs is 2. The van der Waals surface area contributed by atoms with E-state index in [0.717, 1.165) is 44.4 Å². The van der Waals surface area contributed by atoms with Crippen molar-refractivity contribution in [2.75, 3.05) is 25.1 Å². The third-order valence-electron chi connectivity index (χ3n) is 9.76. The SMILES string of the molecule is CCCCCCCCCCCCNC(=O)c1cc(OCCOc2ccc(N=Nc3c(S(=O)(=O)O)cc4cc(S(=O)(=O)O)cc(NC(C)=O)c4c3O)cc2)c2ccccc2c1O. The Bertz CT molecular complexity index is 2620. The highest BCUT2D eigenvalue weighted by Crippen LogP contribution is 2.45. The van der Waals surface area contributed by atoms with Crippen molar-refractivity contribution in [3.8, 4) is 23.0 Å². The van der Waals surface area contributed by atoms with Gasteiger partial charge in [-0.15, -0.1) is 5.11 Å². The van der Waals surface area contributed by atoms with Crippen LogP contribution in [0.4, 0.5) is 17.1 Å². The molecular formula is C43H50N4O12S2. The third-order valence-corrected chi connectivity index (χ3v) is 11.5. The molecule has 61 heavy (non-hydrogen) atoms. The summed E-state index contributed by atoms with van der Waals surface area (Å²) in [6.07, 6.45) is 11.8. The van der Waals surface area contributed by atoms with Crippen LogP contribution in [0.25, 0.3) is 21.5 Å². The van der Waals surface area contributed by atoms with E-state index in [1.807, 2.05) is 0 Å². The predicted molar refractivity (Wildman–Crippen MR) is 231 cm³/mol. The number of phenolic OH excluding ortho intramolecular Hbond substituents is 2. The number of anilines is 1. The first-order valence-electron chi connectivity index (χ1n) is 19.9. The van der Waals surface area contributed by atoms with Crippen LogP contribution in [0.15, 0.2) is 92.8 Å². The number of carbonyl (C=O) groups excluding carboxylic acids is 2. The van der Waals surface area contributed by atoms with Crippen molar-refractivity contribution in [1.82, 2.24) is 5.32 Å². The Balaban J connectivity index is 1.22. The summed E-state index contributed by atoms with van der Waals surface area (Å²) in [5.74, 6) is -1.29. The van der Waals surface area contributed by atoms with E-state index in [9.17, 15) is 45.7 Å². The predicted octanol–water partition coefficient (Wildman–Crippen LogP) is 9.38. The van der Waals surface area contributed by atoms with Gasteiger partial charge in [-0.2, -0.15) is 21.9 Å². The first kappa shape index (κ1) is 46.2. The van der Waals surface area contributed by atoms with Crippen LogP contribution in [0.2, 0.25) is 0 Å². The Morgan fingerprint density at radius 3 is 1.95 bits per heavy atom. The van der Waals surface area contributed by atoms with Crippen LogP contribution in [0, 0.1) is 0 Å². The van der Waals surface area contributed by atoms with E-state index in [0.29, 0.717) is 28.8 Å². The second kappa shape index (κ2) is 21.1. The zero-order valence-corrected chi connectivity index (χ0v) is 35.5. The van der Waals surface area contributed by atoms with Crippen molar-refractivity contribution >= 4 is 70.7 Å². The molecule has 0 aliphatic rings. The maximum absolute atomic E-state index is 13.2. The highest BCUT2D eigenvalue weighted by atomic mass is 32.2. The molecule has 0 saturated carbocycles.